The number of benzene rings is 1. The van der Waals surface area contributed by atoms with Crippen molar-refractivity contribution in [1.82, 2.24) is 15.1 Å². The number of halogens is 4. The van der Waals surface area contributed by atoms with E-state index in [1.165, 1.54) is 4.90 Å². The molecule has 0 spiro atoms. The van der Waals surface area contributed by atoms with Crippen LogP contribution in [-0.4, -0.2) is 59.1 Å². The molecule has 1 unspecified atom stereocenters. The molecule has 3 atom stereocenters. The van der Waals surface area contributed by atoms with Gasteiger partial charge in [-0.25, -0.2) is 4.79 Å². The van der Waals surface area contributed by atoms with Gasteiger partial charge < -0.3 is 16.0 Å². The van der Waals surface area contributed by atoms with Crippen molar-refractivity contribution in [3.63, 3.8) is 0 Å². The van der Waals surface area contributed by atoms with Gasteiger partial charge in [0.1, 0.15) is 6.04 Å². The van der Waals surface area contributed by atoms with Crippen molar-refractivity contribution in [3.05, 3.63) is 34.9 Å². The molecule has 3 N–H and O–H groups in total. The van der Waals surface area contributed by atoms with Gasteiger partial charge in [0, 0.05) is 10.6 Å². The molecule has 0 saturated carbocycles. The third-order valence-electron chi connectivity index (χ3n) is 6.03. The SMILES string of the molecule is CC1(C)C[C@H]([C@H](c2ccc(Cl)cc2)N2CC(C(N)=O)NC2=O)CCN1CC(F)(F)F. The van der Waals surface area contributed by atoms with Gasteiger partial charge in [0.25, 0.3) is 0 Å². The highest BCUT2D eigenvalue weighted by Gasteiger charge is 2.46. The van der Waals surface area contributed by atoms with Crippen molar-refractivity contribution in [1.29, 1.82) is 0 Å². The van der Waals surface area contributed by atoms with Crippen LogP contribution in [0.1, 0.15) is 38.3 Å². The number of rotatable bonds is 5. The van der Waals surface area contributed by atoms with E-state index in [1.54, 1.807) is 30.9 Å². The number of piperidine rings is 1. The fourth-order valence-electron chi connectivity index (χ4n) is 4.60. The van der Waals surface area contributed by atoms with Gasteiger partial charge in [-0.05, 0) is 56.8 Å². The molecule has 1 aromatic rings. The number of likely N-dealkylation sites (tertiary alicyclic amines) is 1. The number of nitrogens with zero attached hydrogens (tertiary/aromatic N) is 2. The predicted molar refractivity (Wildman–Crippen MR) is 107 cm³/mol. The Morgan fingerprint density at radius 3 is 2.47 bits per heavy atom. The summed E-state index contributed by atoms with van der Waals surface area (Å²) in [5.41, 5.74) is 5.49. The molecule has 0 aliphatic carbocycles. The Kier molecular flexibility index (Phi) is 6.25. The van der Waals surface area contributed by atoms with Crippen LogP contribution in [0.4, 0.5) is 18.0 Å². The molecule has 3 amide bonds. The van der Waals surface area contributed by atoms with Gasteiger partial charge in [0.15, 0.2) is 0 Å². The molecule has 2 aliphatic rings. The molecule has 2 fully saturated rings. The lowest BCUT2D eigenvalue weighted by Crippen LogP contribution is -2.55. The fraction of sp³-hybridized carbons (Fsp3) is 0.600. The lowest BCUT2D eigenvalue weighted by Gasteiger charge is -2.49. The Balaban J connectivity index is 1.89. The van der Waals surface area contributed by atoms with Crippen LogP contribution in [0.2, 0.25) is 5.02 Å². The average molecular weight is 447 g/mol. The zero-order valence-electron chi connectivity index (χ0n) is 16.9. The van der Waals surface area contributed by atoms with E-state index in [0.29, 0.717) is 17.9 Å². The Morgan fingerprint density at radius 1 is 1.33 bits per heavy atom. The Bertz CT molecular complexity index is 800. The number of nitrogens with two attached hydrogens (primary N) is 1. The molecule has 0 bridgehead atoms. The molecule has 0 aromatic heterocycles. The normalized spacial score (nSPS) is 25.8. The van der Waals surface area contributed by atoms with Gasteiger partial charge in [0.05, 0.1) is 19.1 Å². The van der Waals surface area contributed by atoms with E-state index in [4.69, 9.17) is 17.3 Å². The second kappa shape index (κ2) is 8.26. The van der Waals surface area contributed by atoms with Crippen LogP contribution in [0, 0.1) is 5.92 Å². The first-order valence-electron chi connectivity index (χ1n) is 9.81. The van der Waals surface area contributed by atoms with Crippen LogP contribution in [0.5, 0.6) is 0 Å². The maximum absolute atomic E-state index is 13.0. The third-order valence-corrected chi connectivity index (χ3v) is 6.28. The minimum atomic E-state index is -4.27. The van der Waals surface area contributed by atoms with Crippen LogP contribution in [0.3, 0.4) is 0 Å². The highest BCUT2D eigenvalue weighted by atomic mass is 35.5. The molecular formula is C20H26ClF3N4O2. The van der Waals surface area contributed by atoms with Crippen molar-refractivity contribution in [3.8, 4) is 0 Å². The van der Waals surface area contributed by atoms with Crippen LogP contribution in [-0.2, 0) is 4.79 Å². The van der Waals surface area contributed by atoms with E-state index in [-0.39, 0.29) is 19.0 Å². The summed E-state index contributed by atoms with van der Waals surface area (Å²) in [6.07, 6.45) is -3.33. The molecule has 2 aliphatic heterocycles. The Morgan fingerprint density at radius 2 is 1.97 bits per heavy atom. The summed E-state index contributed by atoms with van der Waals surface area (Å²) in [5, 5.41) is 3.13. The Hall–Kier alpha value is -2.00. The topological polar surface area (TPSA) is 78.7 Å². The lowest BCUT2D eigenvalue weighted by molar-refractivity contribution is -0.164. The molecule has 0 radical (unpaired) electrons. The van der Waals surface area contributed by atoms with Crippen LogP contribution >= 0.6 is 11.6 Å². The minimum absolute atomic E-state index is 0.0944. The largest absolute Gasteiger partial charge is 0.401 e. The Labute approximate surface area is 178 Å². The van der Waals surface area contributed by atoms with Gasteiger partial charge in [-0.15, -0.1) is 0 Å². The van der Waals surface area contributed by atoms with Crippen LogP contribution < -0.4 is 11.1 Å². The smallest absolute Gasteiger partial charge is 0.368 e. The zero-order chi connectivity index (χ0) is 22.3. The summed E-state index contributed by atoms with van der Waals surface area (Å²) in [6, 6.07) is 5.44. The highest BCUT2D eigenvalue weighted by Crippen LogP contribution is 2.43. The van der Waals surface area contributed by atoms with E-state index in [9.17, 15) is 22.8 Å². The minimum Gasteiger partial charge on any atom is -0.368 e. The van der Waals surface area contributed by atoms with Crippen molar-refractivity contribution in [2.75, 3.05) is 19.6 Å². The number of carbonyl (C=O) groups is 2. The summed E-state index contributed by atoms with van der Waals surface area (Å²) < 4.78 is 39.0. The maximum Gasteiger partial charge on any atom is 0.401 e. The van der Waals surface area contributed by atoms with E-state index < -0.39 is 42.3 Å². The first kappa shape index (κ1) is 22.7. The second-order valence-corrected chi connectivity index (χ2v) is 9.09. The van der Waals surface area contributed by atoms with Crippen LogP contribution in [0.25, 0.3) is 0 Å². The second-order valence-electron chi connectivity index (χ2n) is 8.66. The number of primary amides is 1. The summed E-state index contributed by atoms with van der Waals surface area (Å²) in [7, 11) is 0. The number of carbonyl (C=O) groups excluding carboxylic acids is 2. The number of amides is 3. The molecule has 30 heavy (non-hydrogen) atoms. The molecule has 166 valence electrons. The number of alkyl halides is 3. The lowest BCUT2D eigenvalue weighted by atomic mass is 9.76. The number of urea groups is 1. The highest BCUT2D eigenvalue weighted by molar-refractivity contribution is 6.30. The van der Waals surface area contributed by atoms with Gasteiger partial charge in [0.2, 0.25) is 5.91 Å². The first-order chi connectivity index (χ1) is 13.9. The fourth-order valence-corrected chi connectivity index (χ4v) is 4.73. The number of hydrogen-bond acceptors (Lipinski definition) is 3. The number of hydrogen-bond donors (Lipinski definition) is 2. The maximum atomic E-state index is 13.0. The zero-order valence-corrected chi connectivity index (χ0v) is 17.6. The quantitative estimate of drug-likeness (QED) is 0.728. The number of nitrogens with one attached hydrogen (secondary N) is 1. The summed E-state index contributed by atoms with van der Waals surface area (Å²) >= 11 is 6.01. The van der Waals surface area contributed by atoms with Gasteiger partial charge in [-0.2, -0.15) is 13.2 Å². The predicted octanol–water partition coefficient (Wildman–Crippen LogP) is 3.31. The average Bonchev–Trinajstić information content (AvgIpc) is 3.00. The third kappa shape index (κ3) is 5.00. The van der Waals surface area contributed by atoms with Crippen molar-refractivity contribution in [2.45, 2.75) is 50.5 Å². The molecule has 3 rings (SSSR count). The van der Waals surface area contributed by atoms with Gasteiger partial charge in [-0.1, -0.05) is 23.7 Å². The van der Waals surface area contributed by atoms with Crippen molar-refractivity contribution < 1.29 is 22.8 Å². The summed E-state index contributed by atoms with van der Waals surface area (Å²) in [4.78, 5) is 27.3. The van der Waals surface area contributed by atoms with E-state index in [0.717, 1.165) is 5.56 Å². The molecule has 6 nitrogen and oxygen atoms in total. The molecular weight excluding hydrogens is 421 g/mol. The standard InChI is InChI=1S/C20H26ClF3N4O2/c1-19(2)9-13(7-8-27(19)11-20(22,23)24)16(12-3-5-14(21)6-4-12)28-10-15(17(25)29)26-18(28)30/h3-6,13,15-16H,7-11H2,1-2H3,(H2,25,29)(H,26,30)/t13-,15?,16+/m1/s1. The monoisotopic (exact) mass is 446 g/mol. The summed E-state index contributed by atoms with van der Waals surface area (Å²) in [6.45, 7) is 2.99. The van der Waals surface area contributed by atoms with Crippen LogP contribution in [0.15, 0.2) is 24.3 Å². The molecule has 1 aromatic carbocycles. The van der Waals surface area contributed by atoms with E-state index in [1.807, 2.05) is 12.1 Å². The van der Waals surface area contributed by atoms with Crippen molar-refractivity contribution >= 4 is 23.5 Å². The molecule has 2 heterocycles. The van der Waals surface area contributed by atoms with Gasteiger partial charge in [-0.3, -0.25) is 9.69 Å². The van der Waals surface area contributed by atoms with E-state index in [2.05, 4.69) is 5.32 Å². The van der Waals surface area contributed by atoms with Gasteiger partial charge >= 0.3 is 12.2 Å². The van der Waals surface area contributed by atoms with Crippen molar-refractivity contribution in [2.24, 2.45) is 11.7 Å². The van der Waals surface area contributed by atoms with E-state index >= 15 is 0 Å². The summed E-state index contributed by atoms with van der Waals surface area (Å²) in [5.74, 6) is -0.718. The molecule has 10 heteroatoms. The first-order valence-corrected chi connectivity index (χ1v) is 10.2. The molecule has 2 saturated heterocycles.